The molecule has 1 unspecified atom stereocenters. The van der Waals surface area contributed by atoms with Gasteiger partial charge in [0.25, 0.3) is 0 Å². The van der Waals surface area contributed by atoms with Crippen LogP contribution in [0.4, 0.5) is 0 Å². The summed E-state index contributed by atoms with van der Waals surface area (Å²) in [6.45, 7) is 4.24. The smallest absolute Gasteiger partial charge is 0.215 e. The molecule has 2 rings (SSSR count). The average Bonchev–Trinajstić information content (AvgIpc) is 2.54. The Hall–Kier alpha value is -1.03. The maximum Gasteiger partial charge on any atom is 0.215 e. The fourth-order valence-corrected chi connectivity index (χ4v) is 2.46. The Kier molecular flexibility index (Phi) is 2.95. The standard InChI is InChI=1S/C11H19N3O/c1-8-10(9-5-4-6-12-7-9)11(15-3)14(2)13-8/h9,12H,4-7H2,1-3H3. The molecule has 2 heterocycles. The maximum absolute atomic E-state index is 5.42. The van der Waals surface area contributed by atoms with E-state index in [2.05, 4.69) is 17.3 Å². The summed E-state index contributed by atoms with van der Waals surface area (Å²) < 4.78 is 7.26. The molecule has 0 saturated carbocycles. The van der Waals surface area contributed by atoms with Gasteiger partial charge in [-0.2, -0.15) is 5.10 Å². The second-order valence-electron chi connectivity index (χ2n) is 4.18. The summed E-state index contributed by atoms with van der Waals surface area (Å²) in [7, 11) is 3.65. The first-order valence-corrected chi connectivity index (χ1v) is 5.52. The maximum atomic E-state index is 5.42. The predicted molar refractivity (Wildman–Crippen MR) is 59.3 cm³/mol. The van der Waals surface area contributed by atoms with Crippen LogP contribution in [0.2, 0.25) is 0 Å². The minimum absolute atomic E-state index is 0.558. The molecule has 0 amide bonds. The van der Waals surface area contributed by atoms with Crippen molar-refractivity contribution in [2.45, 2.75) is 25.7 Å². The third-order valence-corrected chi connectivity index (χ3v) is 3.11. The molecule has 4 heteroatoms. The number of rotatable bonds is 2. The quantitative estimate of drug-likeness (QED) is 0.795. The summed E-state index contributed by atoms with van der Waals surface area (Å²) in [5, 5.41) is 7.85. The monoisotopic (exact) mass is 209 g/mol. The molecule has 0 aromatic carbocycles. The van der Waals surface area contributed by atoms with E-state index in [-0.39, 0.29) is 0 Å². The largest absolute Gasteiger partial charge is 0.481 e. The molecule has 1 aliphatic heterocycles. The van der Waals surface area contributed by atoms with Crippen LogP contribution in [0.25, 0.3) is 0 Å². The third kappa shape index (κ3) is 1.86. The van der Waals surface area contributed by atoms with Crippen molar-refractivity contribution in [1.29, 1.82) is 0 Å². The minimum Gasteiger partial charge on any atom is -0.481 e. The van der Waals surface area contributed by atoms with Crippen molar-refractivity contribution in [3.05, 3.63) is 11.3 Å². The normalized spacial score (nSPS) is 21.7. The molecule has 1 aliphatic rings. The summed E-state index contributed by atoms with van der Waals surface area (Å²) in [5.41, 5.74) is 2.38. The first-order valence-electron chi connectivity index (χ1n) is 5.52. The molecule has 0 bridgehead atoms. The van der Waals surface area contributed by atoms with Crippen molar-refractivity contribution in [3.63, 3.8) is 0 Å². The fourth-order valence-electron chi connectivity index (χ4n) is 2.46. The summed E-state index contributed by atoms with van der Waals surface area (Å²) in [5.74, 6) is 1.48. The number of ether oxygens (including phenoxy) is 1. The average molecular weight is 209 g/mol. The Morgan fingerprint density at radius 2 is 2.33 bits per heavy atom. The second-order valence-corrected chi connectivity index (χ2v) is 4.18. The zero-order valence-electron chi connectivity index (χ0n) is 9.71. The van der Waals surface area contributed by atoms with E-state index in [4.69, 9.17) is 4.74 Å². The van der Waals surface area contributed by atoms with E-state index in [1.165, 1.54) is 18.4 Å². The second kappa shape index (κ2) is 4.23. The van der Waals surface area contributed by atoms with Crippen LogP contribution in [-0.2, 0) is 7.05 Å². The van der Waals surface area contributed by atoms with Crippen LogP contribution >= 0.6 is 0 Å². The van der Waals surface area contributed by atoms with Gasteiger partial charge in [-0.1, -0.05) is 0 Å². The van der Waals surface area contributed by atoms with Crippen molar-refractivity contribution in [2.75, 3.05) is 20.2 Å². The van der Waals surface area contributed by atoms with Crippen LogP contribution in [0.1, 0.15) is 30.0 Å². The van der Waals surface area contributed by atoms with Crippen molar-refractivity contribution >= 4 is 0 Å². The zero-order chi connectivity index (χ0) is 10.8. The predicted octanol–water partition coefficient (Wildman–Crippen LogP) is 1.20. The highest BCUT2D eigenvalue weighted by Gasteiger charge is 2.24. The molecule has 0 radical (unpaired) electrons. The van der Waals surface area contributed by atoms with Gasteiger partial charge in [0.15, 0.2) is 0 Å². The zero-order valence-corrected chi connectivity index (χ0v) is 9.71. The van der Waals surface area contributed by atoms with Crippen LogP contribution < -0.4 is 10.1 Å². The van der Waals surface area contributed by atoms with E-state index in [9.17, 15) is 0 Å². The van der Waals surface area contributed by atoms with Gasteiger partial charge in [0.2, 0.25) is 5.88 Å². The van der Waals surface area contributed by atoms with Gasteiger partial charge in [0, 0.05) is 25.1 Å². The molecule has 1 N–H and O–H groups in total. The lowest BCUT2D eigenvalue weighted by Crippen LogP contribution is -2.28. The van der Waals surface area contributed by atoms with E-state index >= 15 is 0 Å². The summed E-state index contributed by atoms with van der Waals surface area (Å²) >= 11 is 0. The van der Waals surface area contributed by atoms with Gasteiger partial charge in [-0.05, 0) is 26.3 Å². The molecule has 15 heavy (non-hydrogen) atoms. The minimum atomic E-state index is 0.558. The highest BCUT2D eigenvalue weighted by molar-refractivity contribution is 5.35. The number of aromatic nitrogens is 2. The number of nitrogens with one attached hydrogen (secondary N) is 1. The number of nitrogens with zero attached hydrogens (tertiary/aromatic N) is 2. The Morgan fingerprint density at radius 3 is 2.93 bits per heavy atom. The highest BCUT2D eigenvalue weighted by atomic mass is 16.5. The molecule has 1 aromatic heterocycles. The summed E-state index contributed by atoms with van der Waals surface area (Å²) in [4.78, 5) is 0. The molecule has 1 aromatic rings. The number of hydrogen-bond acceptors (Lipinski definition) is 3. The Labute approximate surface area is 90.6 Å². The number of methoxy groups -OCH3 is 1. The molecule has 4 nitrogen and oxygen atoms in total. The van der Waals surface area contributed by atoms with Gasteiger partial charge in [0.05, 0.1) is 12.8 Å². The van der Waals surface area contributed by atoms with Gasteiger partial charge in [0.1, 0.15) is 0 Å². The van der Waals surface area contributed by atoms with E-state index in [0.29, 0.717) is 5.92 Å². The molecule has 0 spiro atoms. The van der Waals surface area contributed by atoms with Crippen LogP contribution in [0.5, 0.6) is 5.88 Å². The Morgan fingerprint density at radius 1 is 1.53 bits per heavy atom. The van der Waals surface area contributed by atoms with Crippen molar-refractivity contribution < 1.29 is 4.74 Å². The molecular formula is C11H19N3O. The lowest BCUT2D eigenvalue weighted by Gasteiger charge is -2.23. The molecule has 0 aliphatic carbocycles. The fraction of sp³-hybridized carbons (Fsp3) is 0.727. The highest BCUT2D eigenvalue weighted by Crippen LogP contribution is 2.33. The van der Waals surface area contributed by atoms with Gasteiger partial charge in [-0.25, -0.2) is 4.68 Å². The number of piperidine rings is 1. The number of aryl methyl sites for hydroxylation is 2. The van der Waals surface area contributed by atoms with Crippen LogP contribution in [0, 0.1) is 6.92 Å². The SMILES string of the molecule is COc1c(C2CCCNC2)c(C)nn1C. The first kappa shape index (κ1) is 10.5. The third-order valence-electron chi connectivity index (χ3n) is 3.11. The van der Waals surface area contributed by atoms with E-state index in [1.807, 2.05) is 11.7 Å². The topological polar surface area (TPSA) is 39.1 Å². The lowest BCUT2D eigenvalue weighted by atomic mass is 9.92. The molecule has 1 saturated heterocycles. The lowest BCUT2D eigenvalue weighted by molar-refractivity contribution is 0.359. The number of hydrogen-bond donors (Lipinski definition) is 1. The summed E-state index contributed by atoms with van der Waals surface area (Å²) in [6, 6.07) is 0. The van der Waals surface area contributed by atoms with Crippen LogP contribution in [0.3, 0.4) is 0 Å². The molecule has 1 fully saturated rings. The van der Waals surface area contributed by atoms with Gasteiger partial charge < -0.3 is 10.1 Å². The van der Waals surface area contributed by atoms with Crippen molar-refractivity contribution in [2.24, 2.45) is 7.05 Å². The van der Waals surface area contributed by atoms with E-state index < -0.39 is 0 Å². The van der Waals surface area contributed by atoms with E-state index in [0.717, 1.165) is 24.7 Å². The van der Waals surface area contributed by atoms with Crippen LogP contribution in [0.15, 0.2) is 0 Å². The Bertz CT molecular complexity index is 340. The molecular weight excluding hydrogens is 190 g/mol. The van der Waals surface area contributed by atoms with Gasteiger partial charge in [-0.15, -0.1) is 0 Å². The van der Waals surface area contributed by atoms with Crippen molar-refractivity contribution in [3.8, 4) is 5.88 Å². The van der Waals surface area contributed by atoms with Gasteiger partial charge >= 0.3 is 0 Å². The first-order chi connectivity index (χ1) is 7.24. The summed E-state index contributed by atoms with van der Waals surface area (Å²) in [6.07, 6.45) is 2.47. The Balaban J connectivity index is 2.32. The van der Waals surface area contributed by atoms with Crippen molar-refractivity contribution in [1.82, 2.24) is 15.1 Å². The van der Waals surface area contributed by atoms with Crippen LogP contribution in [-0.4, -0.2) is 30.0 Å². The van der Waals surface area contributed by atoms with Gasteiger partial charge in [-0.3, -0.25) is 0 Å². The molecule has 1 atom stereocenters. The van der Waals surface area contributed by atoms with E-state index in [1.54, 1.807) is 7.11 Å². The molecule has 84 valence electrons.